The number of nitrogens with zero attached hydrogens (tertiary/aromatic N) is 1. The Labute approximate surface area is 117 Å². The number of ether oxygens (including phenoxy) is 1. The molecule has 20 heavy (non-hydrogen) atoms. The maximum atomic E-state index is 12.6. The van der Waals surface area contributed by atoms with Crippen molar-refractivity contribution < 1.29 is 14.6 Å². The zero-order valence-electron chi connectivity index (χ0n) is 11.0. The van der Waals surface area contributed by atoms with Crippen molar-refractivity contribution >= 4 is 11.6 Å². The van der Waals surface area contributed by atoms with Crippen LogP contribution in [-0.4, -0.2) is 24.2 Å². The Bertz CT molecular complexity index is 639. The molecule has 4 heteroatoms. The van der Waals surface area contributed by atoms with E-state index in [1.807, 2.05) is 24.3 Å². The van der Waals surface area contributed by atoms with Gasteiger partial charge >= 0.3 is 0 Å². The van der Waals surface area contributed by atoms with E-state index in [4.69, 9.17) is 4.74 Å². The van der Waals surface area contributed by atoms with Gasteiger partial charge in [-0.1, -0.05) is 18.2 Å². The molecule has 1 aliphatic heterocycles. The van der Waals surface area contributed by atoms with Gasteiger partial charge in [0, 0.05) is 12.1 Å². The molecule has 0 saturated carbocycles. The molecule has 2 aromatic rings. The molecule has 1 N–H and O–H groups in total. The minimum Gasteiger partial charge on any atom is -0.508 e. The average Bonchev–Trinajstić information content (AvgIpc) is 2.69. The lowest BCUT2D eigenvalue weighted by molar-refractivity contribution is 0.0987. The van der Waals surface area contributed by atoms with Crippen LogP contribution in [0.15, 0.2) is 48.5 Å². The second-order valence-electron chi connectivity index (χ2n) is 4.68. The van der Waals surface area contributed by atoms with Crippen LogP contribution < -0.4 is 9.64 Å². The summed E-state index contributed by atoms with van der Waals surface area (Å²) in [7, 11) is 0. The van der Waals surface area contributed by atoms with Gasteiger partial charge in [0.25, 0.3) is 5.91 Å². The topological polar surface area (TPSA) is 49.8 Å². The second-order valence-corrected chi connectivity index (χ2v) is 4.68. The summed E-state index contributed by atoms with van der Waals surface area (Å²) < 4.78 is 5.65. The van der Waals surface area contributed by atoms with Crippen LogP contribution in [0.25, 0.3) is 0 Å². The number of carbonyl (C=O) groups excluding carboxylic acids is 1. The van der Waals surface area contributed by atoms with Crippen LogP contribution in [0.1, 0.15) is 16.8 Å². The molecular weight excluding hydrogens is 254 g/mol. The van der Waals surface area contributed by atoms with Gasteiger partial charge in [-0.3, -0.25) is 4.79 Å². The zero-order chi connectivity index (χ0) is 13.9. The highest BCUT2D eigenvalue weighted by molar-refractivity contribution is 6.07. The average molecular weight is 269 g/mol. The summed E-state index contributed by atoms with van der Waals surface area (Å²) in [5, 5.41) is 9.52. The molecule has 0 unspecified atom stereocenters. The SMILES string of the molecule is O=C(c1cccc(O)c1)N1CCCOc2ccccc21. The third-order valence-corrected chi connectivity index (χ3v) is 3.28. The van der Waals surface area contributed by atoms with E-state index in [9.17, 15) is 9.90 Å². The Morgan fingerprint density at radius 3 is 2.85 bits per heavy atom. The molecule has 2 aromatic carbocycles. The van der Waals surface area contributed by atoms with Gasteiger partial charge < -0.3 is 14.7 Å². The van der Waals surface area contributed by atoms with Crippen LogP contribution in [0.3, 0.4) is 0 Å². The van der Waals surface area contributed by atoms with Gasteiger partial charge in [0.15, 0.2) is 0 Å². The highest BCUT2D eigenvalue weighted by atomic mass is 16.5. The lowest BCUT2D eigenvalue weighted by Crippen LogP contribution is -2.31. The molecule has 0 bridgehead atoms. The molecule has 1 amide bonds. The Kier molecular flexibility index (Phi) is 3.29. The summed E-state index contributed by atoms with van der Waals surface area (Å²) in [6.07, 6.45) is 0.777. The number of benzene rings is 2. The van der Waals surface area contributed by atoms with Crippen LogP contribution >= 0.6 is 0 Å². The molecule has 0 radical (unpaired) electrons. The Hall–Kier alpha value is -2.49. The number of phenolic OH excluding ortho intramolecular Hbond substituents is 1. The highest BCUT2D eigenvalue weighted by Gasteiger charge is 2.23. The minimum absolute atomic E-state index is 0.0928. The number of phenols is 1. The Morgan fingerprint density at radius 1 is 1.15 bits per heavy atom. The van der Waals surface area contributed by atoms with Crippen molar-refractivity contribution in [2.45, 2.75) is 6.42 Å². The molecule has 1 aliphatic rings. The highest BCUT2D eigenvalue weighted by Crippen LogP contribution is 2.31. The van der Waals surface area contributed by atoms with Crippen molar-refractivity contribution in [2.24, 2.45) is 0 Å². The minimum atomic E-state index is -0.126. The van der Waals surface area contributed by atoms with Gasteiger partial charge in [-0.2, -0.15) is 0 Å². The molecule has 3 rings (SSSR count). The van der Waals surface area contributed by atoms with Crippen LogP contribution in [0.5, 0.6) is 11.5 Å². The first-order chi connectivity index (χ1) is 9.75. The molecule has 102 valence electrons. The van der Waals surface area contributed by atoms with E-state index in [-0.39, 0.29) is 11.7 Å². The van der Waals surface area contributed by atoms with Gasteiger partial charge in [0.1, 0.15) is 11.5 Å². The number of fused-ring (bicyclic) bond motifs is 1. The van der Waals surface area contributed by atoms with Crippen molar-refractivity contribution in [1.29, 1.82) is 0 Å². The fraction of sp³-hybridized carbons (Fsp3) is 0.188. The van der Waals surface area contributed by atoms with E-state index in [0.29, 0.717) is 18.7 Å². The van der Waals surface area contributed by atoms with Gasteiger partial charge in [-0.25, -0.2) is 0 Å². The molecular formula is C16H15NO3. The van der Waals surface area contributed by atoms with Crippen molar-refractivity contribution in [2.75, 3.05) is 18.1 Å². The number of para-hydroxylation sites is 2. The summed E-state index contributed by atoms with van der Waals surface area (Å²) in [6.45, 7) is 1.20. The van der Waals surface area contributed by atoms with Gasteiger partial charge in [-0.15, -0.1) is 0 Å². The Balaban J connectivity index is 1.99. The molecule has 0 aliphatic carbocycles. The first-order valence-corrected chi connectivity index (χ1v) is 6.58. The molecule has 4 nitrogen and oxygen atoms in total. The van der Waals surface area contributed by atoms with Crippen molar-refractivity contribution in [3.05, 3.63) is 54.1 Å². The smallest absolute Gasteiger partial charge is 0.258 e. The fourth-order valence-electron chi connectivity index (χ4n) is 2.33. The van der Waals surface area contributed by atoms with Crippen molar-refractivity contribution in [1.82, 2.24) is 0 Å². The largest absolute Gasteiger partial charge is 0.508 e. The molecule has 0 aromatic heterocycles. The van der Waals surface area contributed by atoms with E-state index in [2.05, 4.69) is 0 Å². The fourth-order valence-corrected chi connectivity index (χ4v) is 2.33. The van der Waals surface area contributed by atoms with E-state index in [1.54, 1.807) is 23.1 Å². The molecule has 1 heterocycles. The first-order valence-electron chi connectivity index (χ1n) is 6.58. The quantitative estimate of drug-likeness (QED) is 0.866. The number of anilines is 1. The number of aromatic hydroxyl groups is 1. The molecule has 0 fully saturated rings. The predicted molar refractivity (Wildman–Crippen MR) is 76.3 cm³/mol. The summed E-state index contributed by atoms with van der Waals surface area (Å²) in [4.78, 5) is 14.3. The number of amides is 1. The normalized spacial score (nSPS) is 14.1. The monoisotopic (exact) mass is 269 g/mol. The van der Waals surface area contributed by atoms with E-state index >= 15 is 0 Å². The predicted octanol–water partition coefficient (Wildman–Crippen LogP) is 2.82. The molecule has 0 atom stereocenters. The first kappa shape index (κ1) is 12.5. The number of rotatable bonds is 1. The van der Waals surface area contributed by atoms with Crippen LogP contribution in [0, 0.1) is 0 Å². The number of carbonyl (C=O) groups is 1. The maximum absolute atomic E-state index is 12.6. The standard InChI is InChI=1S/C16H15NO3/c18-13-6-3-5-12(11-13)16(19)17-9-4-10-20-15-8-2-1-7-14(15)17/h1-3,5-8,11,18H,4,9-10H2. The molecule has 0 spiro atoms. The van der Waals surface area contributed by atoms with Gasteiger partial charge in [-0.05, 0) is 36.8 Å². The van der Waals surface area contributed by atoms with Crippen molar-refractivity contribution in [3.63, 3.8) is 0 Å². The molecule has 0 saturated heterocycles. The summed E-state index contributed by atoms with van der Waals surface area (Å²) in [6, 6.07) is 13.9. The van der Waals surface area contributed by atoms with E-state index < -0.39 is 0 Å². The van der Waals surface area contributed by atoms with Gasteiger partial charge in [0.05, 0.1) is 12.3 Å². The van der Waals surface area contributed by atoms with Gasteiger partial charge in [0.2, 0.25) is 0 Å². The summed E-state index contributed by atoms with van der Waals surface area (Å²) in [5.41, 5.74) is 1.25. The van der Waals surface area contributed by atoms with E-state index in [1.165, 1.54) is 6.07 Å². The third kappa shape index (κ3) is 2.32. The zero-order valence-corrected chi connectivity index (χ0v) is 11.0. The lowest BCUT2D eigenvalue weighted by atomic mass is 10.1. The van der Waals surface area contributed by atoms with E-state index in [0.717, 1.165) is 17.9 Å². The van der Waals surface area contributed by atoms with Crippen LogP contribution in [-0.2, 0) is 0 Å². The Morgan fingerprint density at radius 2 is 2.00 bits per heavy atom. The number of hydrogen-bond acceptors (Lipinski definition) is 3. The summed E-state index contributed by atoms with van der Waals surface area (Å²) in [5.74, 6) is 0.688. The van der Waals surface area contributed by atoms with Crippen molar-refractivity contribution in [3.8, 4) is 11.5 Å². The van der Waals surface area contributed by atoms with Crippen LogP contribution in [0.2, 0.25) is 0 Å². The number of hydrogen-bond donors (Lipinski definition) is 1. The third-order valence-electron chi connectivity index (χ3n) is 3.28. The lowest BCUT2D eigenvalue weighted by Gasteiger charge is -2.21. The second kappa shape index (κ2) is 5.25. The maximum Gasteiger partial charge on any atom is 0.258 e. The van der Waals surface area contributed by atoms with Crippen LogP contribution in [0.4, 0.5) is 5.69 Å². The summed E-state index contributed by atoms with van der Waals surface area (Å²) >= 11 is 0.